The van der Waals surface area contributed by atoms with Gasteiger partial charge in [0.05, 0.1) is 11.5 Å². The van der Waals surface area contributed by atoms with Crippen LogP contribution in [0, 0.1) is 0 Å². The van der Waals surface area contributed by atoms with Crippen molar-refractivity contribution in [2.75, 3.05) is 11.3 Å². The van der Waals surface area contributed by atoms with Gasteiger partial charge in [-0.2, -0.15) is 4.98 Å². The third kappa shape index (κ3) is 5.45. The van der Waals surface area contributed by atoms with Crippen molar-refractivity contribution in [3.8, 4) is 11.3 Å². The number of carbonyl (C=O) groups is 1. The Labute approximate surface area is 169 Å². The highest BCUT2D eigenvalue weighted by atomic mass is 32.2. The van der Waals surface area contributed by atoms with Crippen molar-refractivity contribution in [2.45, 2.75) is 31.1 Å². The second-order valence-corrected chi connectivity index (χ2v) is 7.91. The van der Waals surface area contributed by atoms with Crippen LogP contribution in [0.3, 0.4) is 0 Å². The van der Waals surface area contributed by atoms with Gasteiger partial charge in [-0.3, -0.25) is 9.52 Å². The van der Waals surface area contributed by atoms with E-state index in [0.717, 1.165) is 0 Å². The summed E-state index contributed by atoms with van der Waals surface area (Å²) < 4.78 is 38.7. The number of aryl methyl sites for hydroxylation is 1. The Hall–Kier alpha value is -3.13. The van der Waals surface area contributed by atoms with Crippen molar-refractivity contribution in [2.24, 2.45) is 0 Å². The summed E-state index contributed by atoms with van der Waals surface area (Å²) >= 11 is 0. The molecule has 0 spiro atoms. The Morgan fingerprint density at radius 3 is 2.38 bits per heavy atom. The number of rotatable bonds is 9. The second-order valence-electron chi connectivity index (χ2n) is 6.23. The van der Waals surface area contributed by atoms with Gasteiger partial charge in [-0.25, -0.2) is 8.42 Å². The van der Waals surface area contributed by atoms with E-state index in [0.29, 0.717) is 36.7 Å². The molecule has 0 aliphatic heterocycles. The van der Waals surface area contributed by atoms with Crippen LogP contribution in [0.4, 0.5) is 5.82 Å². The van der Waals surface area contributed by atoms with Crippen LogP contribution in [0.25, 0.3) is 11.3 Å². The van der Waals surface area contributed by atoms with Gasteiger partial charge in [-0.1, -0.05) is 48.5 Å². The Balaban J connectivity index is 1.85. The van der Waals surface area contributed by atoms with Crippen LogP contribution in [-0.4, -0.2) is 26.0 Å². The van der Waals surface area contributed by atoms with Crippen molar-refractivity contribution in [1.29, 1.82) is 0 Å². The minimum Gasteiger partial charge on any atom is -0.466 e. The molecule has 3 rings (SSSR count). The number of benzene rings is 2. The van der Waals surface area contributed by atoms with Crippen LogP contribution in [0.2, 0.25) is 0 Å². The molecule has 0 fully saturated rings. The van der Waals surface area contributed by atoms with Gasteiger partial charge in [0.2, 0.25) is 0 Å². The number of esters is 1. The van der Waals surface area contributed by atoms with Crippen molar-refractivity contribution in [3.63, 3.8) is 0 Å². The zero-order chi connectivity index (χ0) is 20.7. The average molecular weight is 414 g/mol. The number of nitrogens with one attached hydrogen (secondary N) is 1. The third-order valence-corrected chi connectivity index (χ3v) is 5.42. The first-order chi connectivity index (χ1) is 14.0. The molecular formula is C21H22N2O5S. The number of nitrogens with zero attached hydrogens (tertiary/aromatic N) is 1. The lowest BCUT2D eigenvalue weighted by Crippen LogP contribution is -2.13. The second kappa shape index (κ2) is 9.38. The molecule has 2 aromatic carbocycles. The molecule has 0 aliphatic carbocycles. The summed E-state index contributed by atoms with van der Waals surface area (Å²) in [6.07, 6.45) is 1.10. The molecule has 1 N–H and O–H groups in total. The molecule has 0 aliphatic rings. The van der Waals surface area contributed by atoms with Crippen molar-refractivity contribution < 1.29 is 22.4 Å². The van der Waals surface area contributed by atoms with E-state index in [2.05, 4.69) is 9.71 Å². The van der Waals surface area contributed by atoms with Crippen molar-refractivity contribution in [1.82, 2.24) is 4.98 Å². The Morgan fingerprint density at radius 1 is 1.07 bits per heavy atom. The predicted octanol–water partition coefficient (Wildman–Crippen LogP) is 4.03. The number of sulfonamides is 1. The number of anilines is 1. The SMILES string of the molecule is CCOC(=O)CCCc1nc(NS(=O)(=O)c2ccccc2)c(-c2ccccc2)o1. The lowest BCUT2D eigenvalue weighted by atomic mass is 10.2. The summed E-state index contributed by atoms with van der Waals surface area (Å²) in [6, 6.07) is 17.2. The van der Waals surface area contributed by atoms with Crippen LogP contribution in [-0.2, 0) is 26.0 Å². The third-order valence-electron chi connectivity index (χ3n) is 4.07. The molecule has 0 atom stereocenters. The quantitative estimate of drug-likeness (QED) is 0.531. The summed E-state index contributed by atoms with van der Waals surface area (Å²) in [5.74, 6) is 0.508. The maximum atomic E-state index is 12.7. The van der Waals surface area contributed by atoms with E-state index in [1.54, 1.807) is 25.1 Å². The van der Waals surface area contributed by atoms with E-state index in [4.69, 9.17) is 9.15 Å². The summed E-state index contributed by atoms with van der Waals surface area (Å²) in [4.78, 5) is 16.0. The monoisotopic (exact) mass is 414 g/mol. The van der Waals surface area contributed by atoms with Gasteiger partial charge in [0, 0.05) is 18.4 Å². The van der Waals surface area contributed by atoms with Gasteiger partial charge < -0.3 is 9.15 Å². The molecule has 1 heterocycles. The minimum atomic E-state index is -3.82. The molecule has 0 amide bonds. The molecule has 7 nitrogen and oxygen atoms in total. The number of aromatic nitrogens is 1. The summed E-state index contributed by atoms with van der Waals surface area (Å²) in [7, 11) is -3.82. The average Bonchev–Trinajstić information content (AvgIpc) is 3.11. The molecule has 0 radical (unpaired) electrons. The van der Waals surface area contributed by atoms with E-state index >= 15 is 0 Å². The molecule has 0 bridgehead atoms. The number of hydrogen-bond acceptors (Lipinski definition) is 6. The van der Waals surface area contributed by atoms with Gasteiger partial charge in [-0.15, -0.1) is 0 Å². The van der Waals surface area contributed by atoms with E-state index in [1.165, 1.54) is 12.1 Å². The van der Waals surface area contributed by atoms with Gasteiger partial charge >= 0.3 is 5.97 Å². The first-order valence-electron chi connectivity index (χ1n) is 9.28. The molecule has 0 saturated carbocycles. The van der Waals surface area contributed by atoms with Gasteiger partial charge in [0.15, 0.2) is 17.5 Å². The van der Waals surface area contributed by atoms with E-state index in [1.807, 2.05) is 30.3 Å². The summed E-state index contributed by atoms with van der Waals surface area (Å²) in [6.45, 7) is 2.09. The molecule has 0 unspecified atom stereocenters. The summed E-state index contributed by atoms with van der Waals surface area (Å²) in [5, 5.41) is 0. The number of carbonyl (C=O) groups excluding carboxylic acids is 1. The van der Waals surface area contributed by atoms with Crippen LogP contribution in [0.1, 0.15) is 25.7 Å². The topological polar surface area (TPSA) is 98.5 Å². The fourth-order valence-corrected chi connectivity index (χ4v) is 3.75. The largest absolute Gasteiger partial charge is 0.466 e. The van der Waals surface area contributed by atoms with Crippen molar-refractivity contribution in [3.05, 3.63) is 66.6 Å². The van der Waals surface area contributed by atoms with Gasteiger partial charge in [0.1, 0.15) is 0 Å². The minimum absolute atomic E-state index is 0.117. The van der Waals surface area contributed by atoms with Crippen LogP contribution >= 0.6 is 0 Å². The highest BCUT2D eigenvalue weighted by Crippen LogP contribution is 2.31. The molecule has 1 aromatic heterocycles. The van der Waals surface area contributed by atoms with Crippen LogP contribution in [0.5, 0.6) is 0 Å². The smallest absolute Gasteiger partial charge is 0.305 e. The molecule has 8 heteroatoms. The Kier molecular flexibility index (Phi) is 6.66. The fraction of sp³-hybridized carbons (Fsp3) is 0.238. The normalized spacial score (nSPS) is 11.2. The number of oxazole rings is 1. The number of ether oxygens (including phenoxy) is 1. The summed E-state index contributed by atoms with van der Waals surface area (Å²) in [5.41, 5.74) is 0.697. The molecular weight excluding hydrogens is 392 g/mol. The lowest BCUT2D eigenvalue weighted by Gasteiger charge is -2.06. The maximum absolute atomic E-state index is 12.7. The first-order valence-corrected chi connectivity index (χ1v) is 10.8. The molecule has 152 valence electrons. The first kappa shape index (κ1) is 20.6. The van der Waals surface area contributed by atoms with Crippen molar-refractivity contribution >= 4 is 21.8 Å². The van der Waals surface area contributed by atoms with E-state index < -0.39 is 10.0 Å². The maximum Gasteiger partial charge on any atom is 0.305 e. The fourth-order valence-electron chi connectivity index (χ4n) is 2.73. The molecule has 29 heavy (non-hydrogen) atoms. The van der Waals surface area contributed by atoms with E-state index in [9.17, 15) is 13.2 Å². The van der Waals surface area contributed by atoms with Gasteiger partial charge in [-0.05, 0) is 25.5 Å². The van der Waals surface area contributed by atoms with Gasteiger partial charge in [0.25, 0.3) is 10.0 Å². The molecule has 0 saturated heterocycles. The standard InChI is InChI=1S/C21H22N2O5S/c1-2-27-19(24)15-9-14-18-22-21(20(28-18)16-10-5-3-6-11-16)23-29(25,26)17-12-7-4-8-13-17/h3-8,10-13,23H,2,9,14-15H2,1H3. The highest BCUT2D eigenvalue weighted by Gasteiger charge is 2.21. The molecule has 3 aromatic rings. The zero-order valence-corrected chi connectivity index (χ0v) is 16.8. The lowest BCUT2D eigenvalue weighted by molar-refractivity contribution is -0.143. The Morgan fingerprint density at radius 2 is 1.72 bits per heavy atom. The highest BCUT2D eigenvalue weighted by molar-refractivity contribution is 7.92. The van der Waals surface area contributed by atoms with E-state index in [-0.39, 0.29) is 23.1 Å². The number of hydrogen-bond donors (Lipinski definition) is 1. The van der Waals surface area contributed by atoms with Crippen LogP contribution in [0.15, 0.2) is 70.0 Å². The predicted molar refractivity (Wildman–Crippen MR) is 109 cm³/mol. The van der Waals surface area contributed by atoms with Crippen LogP contribution < -0.4 is 4.72 Å². The zero-order valence-electron chi connectivity index (χ0n) is 16.0. The Bertz CT molecular complexity index is 1050.